The largest absolute Gasteiger partial charge is 0.462 e. The summed E-state index contributed by atoms with van der Waals surface area (Å²) in [6, 6.07) is 0. The van der Waals surface area contributed by atoms with Crippen molar-refractivity contribution in [1.82, 2.24) is 9.97 Å². The SMILES string of the molecule is CCCc1nc(C2CCCS2)ncc1C(=O)OCC. The molecule has 0 saturated carbocycles. The number of carbonyl (C=O) groups is 1. The number of thioether (sulfide) groups is 1. The molecule has 0 radical (unpaired) electrons. The second kappa shape index (κ2) is 6.89. The molecule has 104 valence electrons. The van der Waals surface area contributed by atoms with Crippen LogP contribution in [0, 0.1) is 0 Å². The Morgan fingerprint density at radius 2 is 2.37 bits per heavy atom. The zero-order valence-electron chi connectivity index (χ0n) is 11.5. The predicted octanol–water partition coefficient (Wildman–Crippen LogP) is 3.17. The van der Waals surface area contributed by atoms with Crippen molar-refractivity contribution < 1.29 is 9.53 Å². The van der Waals surface area contributed by atoms with Crippen molar-refractivity contribution in [2.75, 3.05) is 12.4 Å². The quantitative estimate of drug-likeness (QED) is 0.775. The van der Waals surface area contributed by atoms with E-state index in [4.69, 9.17) is 4.74 Å². The molecule has 1 aliphatic heterocycles. The van der Waals surface area contributed by atoms with Gasteiger partial charge in [-0.05, 0) is 31.9 Å². The molecular weight excluding hydrogens is 260 g/mol. The maximum absolute atomic E-state index is 11.9. The summed E-state index contributed by atoms with van der Waals surface area (Å²) >= 11 is 1.91. The first-order chi connectivity index (χ1) is 9.26. The van der Waals surface area contributed by atoms with Crippen LogP contribution in [0.25, 0.3) is 0 Å². The van der Waals surface area contributed by atoms with Crippen LogP contribution in [0.1, 0.15) is 60.2 Å². The summed E-state index contributed by atoms with van der Waals surface area (Å²) in [4.78, 5) is 20.9. The van der Waals surface area contributed by atoms with Crippen LogP contribution in [-0.2, 0) is 11.2 Å². The predicted molar refractivity (Wildman–Crippen MR) is 76.4 cm³/mol. The first-order valence-electron chi connectivity index (χ1n) is 6.90. The Hall–Kier alpha value is -1.10. The van der Waals surface area contributed by atoms with Crippen LogP contribution in [0.2, 0.25) is 0 Å². The van der Waals surface area contributed by atoms with Gasteiger partial charge in [-0.15, -0.1) is 0 Å². The molecule has 0 aliphatic carbocycles. The first-order valence-corrected chi connectivity index (χ1v) is 7.95. The highest BCUT2D eigenvalue weighted by atomic mass is 32.2. The van der Waals surface area contributed by atoms with Crippen molar-refractivity contribution in [1.29, 1.82) is 0 Å². The maximum atomic E-state index is 11.9. The van der Waals surface area contributed by atoms with Gasteiger partial charge in [0.25, 0.3) is 0 Å². The Labute approximate surface area is 118 Å². The zero-order valence-corrected chi connectivity index (χ0v) is 12.3. The normalized spacial score (nSPS) is 18.5. The highest BCUT2D eigenvalue weighted by Crippen LogP contribution is 2.38. The van der Waals surface area contributed by atoms with E-state index in [0.29, 0.717) is 17.4 Å². The van der Waals surface area contributed by atoms with Gasteiger partial charge in [0.2, 0.25) is 0 Å². The summed E-state index contributed by atoms with van der Waals surface area (Å²) in [6.07, 6.45) is 5.75. The molecule has 0 amide bonds. The lowest BCUT2D eigenvalue weighted by Gasteiger charge is -2.11. The summed E-state index contributed by atoms with van der Waals surface area (Å²) in [5.74, 6) is 1.74. The fourth-order valence-electron chi connectivity index (χ4n) is 2.18. The molecule has 0 aromatic carbocycles. The van der Waals surface area contributed by atoms with Gasteiger partial charge in [-0.25, -0.2) is 14.8 Å². The molecule has 19 heavy (non-hydrogen) atoms. The minimum Gasteiger partial charge on any atom is -0.462 e. The minimum atomic E-state index is -0.309. The number of ether oxygens (including phenoxy) is 1. The summed E-state index contributed by atoms with van der Waals surface area (Å²) in [7, 11) is 0. The van der Waals surface area contributed by atoms with E-state index in [1.54, 1.807) is 6.20 Å². The third kappa shape index (κ3) is 3.47. The highest BCUT2D eigenvalue weighted by Gasteiger charge is 2.23. The van der Waals surface area contributed by atoms with E-state index in [1.165, 1.54) is 12.2 Å². The second-order valence-corrected chi connectivity index (χ2v) is 5.87. The van der Waals surface area contributed by atoms with Gasteiger partial charge in [0, 0.05) is 6.20 Å². The van der Waals surface area contributed by atoms with E-state index < -0.39 is 0 Å². The Morgan fingerprint density at radius 3 is 3.00 bits per heavy atom. The second-order valence-electron chi connectivity index (χ2n) is 4.56. The standard InChI is InChI=1S/C14H20N2O2S/c1-3-6-11-10(14(17)18-4-2)9-15-13(16-11)12-7-5-8-19-12/h9,12H,3-8H2,1-2H3. The Morgan fingerprint density at radius 1 is 1.53 bits per heavy atom. The van der Waals surface area contributed by atoms with Gasteiger partial charge >= 0.3 is 5.97 Å². The van der Waals surface area contributed by atoms with Crippen LogP contribution in [0.15, 0.2) is 6.20 Å². The number of carbonyl (C=O) groups excluding carboxylic acids is 1. The molecule has 0 bridgehead atoms. The van der Waals surface area contributed by atoms with Crippen LogP contribution < -0.4 is 0 Å². The molecule has 0 spiro atoms. The number of hydrogen-bond donors (Lipinski definition) is 0. The molecule has 4 nitrogen and oxygen atoms in total. The molecule has 2 heterocycles. The summed E-state index contributed by atoms with van der Waals surface area (Å²) in [6.45, 7) is 4.27. The van der Waals surface area contributed by atoms with E-state index in [-0.39, 0.29) is 5.97 Å². The molecule has 1 unspecified atom stereocenters. The van der Waals surface area contributed by atoms with Crippen LogP contribution in [0.5, 0.6) is 0 Å². The first kappa shape index (κ1) is 14.3. The summed E-state index contributed by atoms with van der Waals surface area (Å²) in [5, 5.41) is 0.395. The average Bonchev–Trinajstić information content (AvgIpc) is 2.93. The smallest absolute Gasteiger partial charge is 0.341 e. The lowest BCUT2D eigenvalue weighted by atomic mass is 10.1. The number of aryl methyl sites for hydroxylation is 1. The van der Waals surface area contributed by atoms with Crippen LogP contribution in [-0.4, -0.2) is 28.3 Å². The van der Waals surface area contributed by atoms with Gasteiger partial charge in [0.1, 0.15) is 5.82 Å². The van der Waals surface area contributed by atoms with Crippen LogP contribution in [0.3, 0.4) is 0 Å². The van der Waals surface area contributed by atoms with Crippen molar-refractivity contribution in [3.05, 3.63) is 23.3 Å². The summed E-state index contributed by atoms with van der Waals surface area (Å²) < 4.78 is 5.06. The molecule has 1 fully saturated rings. The van der Waals surface area contributed by atoms with Gasteiger partial charge in [-0.3, -0.25) is 0 Å². The van der Waals surface area contributed by atoms with E-state index in [1.807, 2.05) is 18.7 Å². The Balaban J connectivity index is 2.26. The van der Waals surface area contributed by atoms with Crippen molar-refractivity contribution in [2.24, 2.45) is 0 Å². The van der Waals surface area contributed by atoms with E-state index in [9.17, 15) is 4.79 Å². The minimum absolute atomic E-state index is 0.309. The van der Waals surface area contributed by atoms with Crippen LogP contribution in [0.4, 0.5) is 0 Å². The molecule has 0 N–H and O–H groups in total. The molecule has 1 aliphatic rings. The fraction of sp³-hybridized carbons (Fsp3) is 0.643. The number of rotatable bonds is 5. The molecule has 1 aromatic rings. The van der Waals surface area contributed by atoms with Crippen LogP contribution >= 0.6 is 11.8 Å². The third-order valence-electron chi connectivity index (χ3n) is 3.09. The monoisotopic (exact) mass is 280 g/mol. The Kier molecular flexibility index (Phi) is 5.19. The van der Waals surface area contributed by atoms with Gasteiger partial charge in [0.15, 0.2) is 0 Å². The lowest BCUT2D eigenvalue weighted by Crippen LogP contribution is -2.13. The fourth-order valence-corrected chi connectivity index (χ4v) is 3.39. The van der Waals surface area contributed by atoms with E-state index >= 15 is 0 Å². The summed E-state index contributed by atoms with van der Waals surface area (Å²) in [5.41, 5.74) is 1.36. The molecule has 2 rings (SSSR count). The molecule has 1 saturated heterocycles. The highest BCUT2D eigenvalue weighted by molar-refractivity contribution is 7.99. The van der Waals surface area contributed by atoms with Gasteiger partial charge in [-0.2, -0.15) is 11.8 Å². The van der Waals surface area contributed by atoms with E-state index in [2.05, 4.69) is 16.9 Å². The van der Waals surface area contributed by atoms with E-state index in [0.717, 1.165) is 30.8 Å². The number of esters is 1. The average molecular weight is 280 g/mol. The zero-order chi connectivity index (χ0) is 13.7. The topological polar surface area (TPSA) is 52.1 Å². The maximum Gasteiger partial charge on any atom is 0.341 e. The van der Waals surface area contributed by atoms with Gasteiger partial charge < -0.3 is 4.74 Å². The number of hydrogen-bond acceptors (Lipinski definition) is 5. The molecule has 5 heteroatoms. The number of nitrogens with zero attached hydrogens (tertiary/aromatic N) is 2. The number of aromatic nitrogens is 2. The van der Waals surface area contributed by atoms with Gasteiger partial charge in [-0.1, -0.05) is 13.3 Å². The van der Waals surface area contributed by atoms with Gasteiger partial charge in [0.05, 0.1) is 23.1 Å². The van der Waals surface area contributed by atoms with Crippen molar-refractivity contribution in [2.45, 2.75) is 44.8 Å². The molecular formula is C14H20N2O2S. The molecule has 1 aromatic heterocycles. The van der Waals surface area contributed by atoms with Crippen molar-refractivity contribution in [3.63, 3.8) is 0 Å². The van der Waals surface area contributed by atoms with Crippen molar-refractivity contribution in [3.8, 4) is 0 Å². The third-order valence-corrected chi connectivity index (χ3v) is 4.46. The molecule has 1 atom stereocenters. The van der Waals surface area contributed by atoms with Crippen molar-refractivity contribution >= 4 is 17.7 Å². The Bertz CT molecular complexity index is 445. The lowest BCUT2D eigenvalue weighted by molar-refractivity contribution is 0.0524.